The zero-order valence-corrected chi connectivity index (χ0v) is 20.4. The smallest absolute Gasteiger partial charge is 0.378 e. The first-order chi connectivity index (χ1) is 18.0. The van der Waals surface area contributed by atoms with Crippen molar-refractivity contribution in [2.24, 2.45) is 17.8 Å². The van der Waals surface area contributed by atoms with Crippen LogP contribution < -0.4 is 10.6 Å². The average Bonchev–Trinajstić information content (AvgIpc) is 3.57. The van der Waals surface area contributed by atoms with Gasteiger partial charge >= 0.3 is 6.36 Å². The van der Waals surface area contributed by atoms with Gasteiger partial charge in [-0.05, 0) is 43.6 Å². The van der Waals surface area contributed by atoms with E-state index in [-0.39, 0.29) is 36.3 Å². The van der Waals surface area contributed by atoms with Crippen LogP contribution in [0, 0.1) is 23.6 Å². The number of ketones is 1. The quantitative estimate of drug-likeness (QED) is 0.407. The summed E-state index contributed by atoms with van der Waals surface area (Å²) in [6, 6.07) is 2.62. The second-order valence-corrected chi connectivity index (χ2v) is 9.99. The first-order valence-electron chi connectivity index (χ1n) is 12.5. The van der Waals surface area contributed by atoms with Crippen LogP contribution >= 0.6 is 0 Å². The summed E-state index contributed by atoms with van der Waals surface area (Å²) < 4.78 is 55.6. The summed E-state index contributed by atoms with van der Waals surface area (Å²) in [5.74, 6) is -4.97. The molecule has 1 aliphatic carbocycles. The lowest BCUT2D eigenvalue weighted by Gasteiger charge is -2.30. The maximum atomic E-state index is 14.2. The van der Waals surface area contributed by atoms with Crippen molar-refractivity contribution in [3.05, 3.63) is 35.6 Å². The molecule has 0 aromatic heterocycles. The third kappa shape index (κ3) is 6.15. The van der Waals surface area contributed by atoms with E-state index < -0.39 is 60.5 Å². The van der Waals surface area contributed by atoms with Crippen LogP contribution in [-0.2, 0) is 23.9 Å². The zero-order chi connectivity index (χ0) is 27.6. The molecule has 1 aromatic carbocycles. The molecule has 6 atom stereocenters. The fourth-order valence-corrected chi connectivity index (χ4v) is 5.79. The molecule has 0 spiro atoms. The molecule has 0 bridgehead atoms. The Labute approximate surface area is 215 Å². The van der Waals surface area contributed by atoms with Crippen molar-refractivity contribution in [2.45, 2.75) is 56.7 Å². The monoisotopic (exact) mass is 543 g/mol. The van der Waals surface area contributed by atoms with Crippen LogP contribution in [0.4, 0.5) is 17.6 Å². The largest absolute Gasteiger partial charge is 0.522 e. The Bertz CT molecular complexity index is 1080. The van der Waals surface area contributed by atoms with Gasteiger partial charge in [0.05, 0.1) is 6.04 Å². The first-order valence-corrected chi connectivity index (χ1v) is 12.5. The number of rotatable bonds is 9. The predicted molar refractivity (Wildman–Crippen MR) is 122 cm³/mol. The minimum Gasteiger partial charge on any atom is -0.378 e. The summed E-state index contributed by atoms with van der Waals surface area (Å²) in [5, 5.41) is 15.7. The molecule has 2 saturated heterocycles. The second-order valence-electron chi connectivity index (χ2n) is 9.99. The molecule has 1 aromatic rings. The van der Waals surface area contributed by atoms with E-state index in [1.54, 1.807) is 0 Å². The number of halogens is 4. The van der Waals surface area contributed by atoms with E-state index in [1.165, 1.54) is 18.2 Å². The summed E-state index contributed by atoms with van der Waals surface area (Å²) in [7, 11) is 0. The van der Waals surface area contributed by atoms with E-state index in [2.05, 4.69) is 15.4 Å². The molecule has 2 heterocycles. The van der Waals surface area contributed by atoms with E-state index in [4.69, 9.17) is 0 Å². The van der Waals surface area contributed by atoms with Gasteiger partial charge in [0.1, 0.15) is 18.5 Å². The summed E-state index contributed by atoms with van der Waals surface area (Å²) in [4.78, 5) is 52.7. The van der Waals surface area contributed by atoms with Crippen LogP contribution in [0.3, 0.4) is 0 Å². The van der Waals surface area contributed by atoms with Crippen LogP contribution in [0.25, 0.3) is 0 Å². The maximum absolute atomic E-state index is 14.2. The van der Waals surface area contributed by atoms with E-state index >= 15 is 0 Å². The summed E-state index contributed by atoms with van der Waals surface area (Å²) in [6.45, 7) is -0.887. The van der Waals surface area contributed by atoms with Gasteiger partial charge in [-0.2, -0.15) is 0 Å². The topological polar surface area (TPSA) is 125 Å². The molecule has 3 fully saturated rings. The lowest BCUT2D eigenvalue weighted by Crippen LogP contribution is -2.54. The Balaban J connectivity index is 1.54. The molecule has 0 radical (unpaired) electrons. The number of hydrogen-bond donors (Lipinski definition) is 3. The van der Waals surface area contributed by atoms with Crippen molar-refractivity contribution >= 4 is 23.5 Å². The summed E-state index contributed by atoms with van der Waals surface area (Å²) >= 11 is 0. The number of ether oxygens (including phenoxy) is 1. The van der Waals surface area contributed by atoms with Crippen LogP contribution in [0.15, 0.2) is 24.3 Å². The van der Waals surface area contributed by atoms with Gasteiger partial charge in [0.15, 0.2) is 11.9 Å². The van der Waals surface area contributed by atoms with Crippen molar-refractivity contribution in [3.8, 4) is 0 Å². The molecular weight excluding hydrogens is 514 g/mol. The van der Waals surface area contributed by atoms with Gasteiger partial charge in [-0.15, -0.1) is 13.2 Å². The summed E-state index contributed by atoms with van der Waals surface area (Å²) in [6.07, 6.45) is -4.73. The molecule has 3 aliphatic rings. The van der Waals surface area contributed by atoms with Gasteiger partial charge < -0.3 is 20.6 Å². The number of aliphatic hydroxyl groups is 1. The van der Waals surface area contributed by atoms with E-state index in [1.807, 2.05) is 0 Å². The Morgan fingerprint density at radius 1 is 1.18 bits per heavy atom. The number of aliphatic hydroxyl groups excluding tert-OH is 1. The fourth-order valence-electron chi connectivity index (χ4n) is 5.79. The van der Waals surface area contributed by atoms with Crippen molar-refractivity contribution in [1.82, 2.24) is 15.5 Å². The van der Waals surface area contributed by atoms with Crippen molar-refractivity contribution in [1.29, 1.82) is 0 Å². The predicted octanol–water partition coefficient (Wildman–Crippen LogP) is 1.60. The van der Waals surface area contributed by atoms with Crippen molar-refractivity contribution in [3.63, 3.8) is 0 Å². The molecule has 13 heteroatoms. The number of amides is 3. The SMILES string of the molecule is O=C1NCC[C@H]1C[C@H](NC(=O)[C@@H]1[C@H]2CCC[C@H]2CN1C(=O)[C@H](O)c1ccccc1F)C(=O)COC(F)(F)F. The number of hydrogen-bond acceptors (Lipinski definition) is 6. The minimum absolute atomic E-state index is 0.0640. The average molecular weight is 544 g/mol. The number of carbonyl (C=O) groups is 4. The number of benzene rings is 1. The molecule has 208 valence electrons. The van der Waals surface area contributed by atoms with Crippen LogP contribution in [0.2, 0.25) is 0 Å². The lowest BCUT2D eigenvalue weighted by molar-refractivity contribution is -0.321. The van der Waals surface area contributed by atoms with Gasteiger partial charge in [-0.1, -0.05) is 24.6 Å². The maximum Gasteiger partial charge on any atom is 0.522 e. The van der Waals surface area contributed by atoms with Gasteiger partial charge in [0.25, 0.3) is 5.91 Å². The number of likely N-dealkylation sites (tertiary alicyclic amines) is 1. The second kappa shape index (κ2) is 11.4. The third-order valence-corrected chi connectivity index (χ3v) is 7.64. The Morgan fingerprint density at radius 2 is 1.92 bits per heavy atom. The van der Waals surface area contributed by atoms with E-state index in [0.29, 0.717) is 19.4 Å². The molecule has 1 saturated carbocycles. The minimum atomic E-state index is -5.07. The Hall–Kier alpha value is -3.06. The number of Topliss-reactive ketones (excluding diaryl/α,β-unsaturated/α-hetero) is 1. The standard InChI is InChI=1S/C25H29F4N3O6/c26-17-7-2-1-5-16(17)21(34)24(37)32-11-14-4-3-6-15(14)20(32)23(36)31-18(10-13-8-9-30-22(13)35)19(33)12-38-25(27,28)29/h1-2,5,7,13-15,18,20-21,34H,3-4,6,8-12H2,(H,30,35)(H,31,36)/t13-,14-,15-,18-,20-,21+/m0/s1. The van der Waals surface area contributed by atoms with Crippen LogP contribution in [-0.4, -0.2) is 71.7 Å². The molecule has 9 nitrogen and oxygen atoms in total. The number of alkyl halides is 3. The highest BCUT2D eigenvalue weighted by Crippen LogP contribution is 2.43. The summed E-state index contributed by atoms with van der Waals surface area (Å²) in [5.41, 5.74) is -0.252. The third-order valence-electron chi connectivity index (χ3n) is 7.64. The van der Waals surface area contributed by atoms with Crippen molar-refractivity contribution in [2.75, 3.05) is 19.7 Å². The number of carbonyl (C=O) groups excluding carboxylic acids is 4. The molecule has 2 aliphatic heterocycles. The molecule has 4 rings (SSSR count). The van der Waals surface area contributed by atoms with Crippen LogP contribution in [0.1, 0.15) is 43.8 Å². The molecule has 0 unspecified atom stereocenters. The lowest BCUT2D eigenvalue weighted by atomic mass is 9.92. The fraction of sp³-hybridized carbons (Fsp3) is 0.600. The normalized spacial score (nSPS) is 26.6. The first kappa shape index (κ1) is 28.0. The highest BCUT2D eigenvalue weighted by Gasteiger charge is 2.51. The molecular formula is C25H29F4N3O6. The van der Waals surface area contributed by atoms with Crippen molar-refractivity contribution < 1.29 is 46.6 Å². The highest BCUT2D eigenvalue weighted by molar-refractivity contribution is 5.95. The Kier molecular flexibility index (Phi) is 8.36. The van der Waals surface area contributed by atoms with Gasteiger partial charge in [-0.3, -0.25) is 23.9 Å². The Morgan fingerprint density at radius 3 is 2.58 bits per heavy atom. The van der Waals surface area contributed by atoms with Gasteiger partial charge in [-0.25, -0.2) is 4.39 Å². The number of nitrogens with one attached hydrogen (secondary N) is 2. The van der Waals surface area contributed by atoms with E-state index in [0.717, 1.165) is 23.8 Å². The molecule has 38 heavy (non-hydrogen) atoms. The number of fused-ring (bicyclic) bond motifs is 1. The number of nitrogens with zero attached hydrogens (tertiary/aromatic N) is 1. The van der Waals surface area contributed by atoms with Gasteiger partial charge in [0, 0.05) is 24.6 Å². The zero-order valence-electron chi connectivity index (χ0n) is 20.4. The van der Waals surface area contributed by atoms with Gasteiger partial charge in [0.2, 0.25) is 11.8 Å². The van der Waals surface area contributed by atoms with E-state index in [9.17, 15) is 41.8 Å². The highest BCUT2D eigenvalue weighted by atomic mass is 19.4. The molecule has 3 N–H and O–H groups in total. The molecule has 3 amide bonds. The van der Waals surface area contributed by atoms with Crippen LogP contribution in [0.5, 0.6) is 0 Å².